The topological polar surface area (TPSA) is 46.3 Å². The van der Waals surface area contributed by atoms with Crippen LogP contribution in [0.3, 0.4) is 0 Å². The standard InChI is InChI=1S/C16H34N2O/c1-3-5-7-9-12-16(19)18(15-11-13-17)14-10-8-6-4-2/h3-15,17H2,1-2H3. The molecular formula is C16H34N2O. The number of nitrogens with zero attached hydrogens (tertiary/aromatic N) is 1. The van der Waals surface area contributed by atoms with E-state index >= 15 is 0 Å². The van der Waals surface area contributed by atoms with Crippen LogP contribution in [0.25, 0.3) is 0 Å². The molecule has 0 rings (SSSR count). The molecule has 0 unspecified atom stereocenters. The lowest BCUT2D eigenvalue weighted by molar-refractivity contribution is -0.131. The molecular weight excluding hydrogens is 236 g/mol. The molecule has 0 aromatic rings. The molecule has 0 bridgehead atoms. The summed E-state index contributed by atoms with van der Waals surface area (Å²) >= 11 is 0. The van der Waals surface area contributed by atoms with E-state index in [1.165, 1.54) is 38.5 Å². The van der Waals surface area contributed by atoms with Crippen molar-refractivity contribution in [3.05, 3.63) is 0 Å². The number of hydrogen-bond acceptors (Lipinski definition) is 2. The number of nitrogens with two attached hydrogens (primary N) is 1. The summed E-state index contributed by atoms with van der Waals surface area (Å²) in [6.07, 6.45) is 11.2. The summed E-state index contributed by atoms with van der Waals surface area (Å²) in [5.74, 6) is 0.334. The monoisotopic (exact) mass is 270 g/mol. The molecule has 0 saturated carbocycles. The van der Waals surface area contributed by atoms with Gasteiger partial charge in [0.05, 0.1) is 0 Å². The summed E-state index contributed by atoms with van der Waals surface area (Å²) in [7, 11) is 0. The fourth-order valence-electron chi connectivity index (χ4n) is 2.23. The summed E-state index contributed by atoms with van der Waals surface area (Å²) in [4.78, 5) is 14.2. The van der Waals surface area contributed by atoms with Crippen molar-refractivity contribution in [2.75, 3.05) is 19.6 Å². The average Bonchev–Trinajstić information content (AvgIpc) is 2.42. The van der Waals surface area contributed by atoms with Gasteiger partial charge < -0.3 is 10.6 Å². The fraction of sp³-hybridized carbons (Fsp3) is 0.938. The molecule has 1 amide bonds. The molecule has 0 spiro atoms. The van der Waals surface area contributed by atoms with Gasteiger partial charge in [-0.15, -0.1) is 0 Å². The molecule has 0 aliphatic carbocycles. The summed E-state index contributed by atoms with van der Waals surface area (Å²) in [6, 6.07) is 0. The minimum absolute atomic E-state index is 0.334. The van der Waals surface area contributed by atoms with Crippen molar-refractivity contribution in [2.24, 2.45) is 5.73 Å². The molecule has 0 fully saturated rings. The second-order valence-corrected chi connectivity index (χ2v) is 5.39. The molecule has 0 aliphatic rings. The van der Waals surface area contributed by atoms with Crippen molar-refractivity contribution >= 4 is 5.91 Å². The fourth-order valence-corrected chi connectivity index (χ4v) is 2.23. The van der Waals surface area contributed by atoms with Crippen LogP contribution in [0.15, 0.2) is 0 Å². The van der Waals surface area contributed by atoms with E-state index < -0.39 is 0 Å². The van der Waals surface area contributed by atoms with Gasteiger partial charge in [-0.1, -0.05) is 52.4 Å². The van der Waals surface area contributed by atoms with Crippen LogP contribution in [-0.4, -0.2) is 30.4 Å². The Morgan fingerprint density at radius 2 is 1.42 bits per heavy atom. The second-order valence-electron chi connectivity index (χ2n) is 5.39. The molecule has 0 saturated heterocycles. The molecule has 0 aromatic heterocycles. The van der Waals surface area contributed by atoms with E-state index in [2.05, 4.69) is 13.8 Å². The Morgan fingerprint density at radius 3 is 2.00 bits per heavy atom. The van der Waals surface area contributed by atoms with Crippen LogP contribution in [-0.2, 0) is 4.79 Å². The Balaban J connectivity index is 3.89. The lowest BCUT2D eigenvalue weighted by Gasteiger charge is -2.22. The molecule has 2 N–H and O–H groups in total. The van der Waals surface area contributed by atoms with Gasteiger partial charge in [0.15, 0.2) is 0 Å². The molecule has 0 heterocycles. The van der Waals surface area contributed by atoms with Crippen LogP contribution < -0.4 is 5.73 Å². The zero-order chi connectivity index (χ0) is 14.3. The van der Waals surface area contributed by atoms with Gasteiger partial charge >= 0.3 is 0 Å². The Kier molecular flexibility index (Phi) is 13.4. The number of amides is 1. The van der Waals surface area contributed by atoms with E-state index in [0.29, 0.717) is 12.5 Å². The van der Waals surface area contributed by atoms with E-state index in [-0.39, 0.29) is 0 Å². The van der Waals surface area contributed by atoms with Gasteiger partial charge in [-0.25, -0.2) is 0 Å². The van der Waals surface area contributed by atoms with E-state index in [9.17, 15) is 4.79 Å². The van der Waals surface area contributed by atoms with E-state index in [0.717, 1.165) is 38.8 Å². The summed E-state index contributed by atoms with van der Waals surface area (Å²) in [5.41, 5.74) is 5.56. The summed E-state index contributed by atoms with van der Waals surface area (Å²) in [6.45, 7) is 6.85. The van der Waals surface area contributed by atoms with Crippen molar-refractivity contribution in [3.8, 4) is 0 Å². The predicted octanol–water partition coefficient (Wildman–Crippen LogP) is 3.71. The lowest BCUT2D eigenvalue weighted by Crippen LogP contribution is -2.33. The maximum atomic E-state index is 12.2. The Morgan fingerprint density at radius 1 is 0.842 bits per heavy atom. The number of unbranched alkanes of at least 4 members (excludes halogenated alkanes) is 6. The highest BCUT2D eigenvalue weighted by molar-refractivity contribution is 5.76. The third-order valence-corrected chi connectivity index (χ3v) is 3.51. The molecule has 114 valence electrons. The SMILES string of the molecule is CCCCCCC(=O)N(CCCN)CCCCCC. The van der Waals surface area contributed by atoms with Gasteiger partial charge in [0, 0.05) is 19.5 Å². The molecule has 3 heteroatoms. The second kappa shape index (κ2) is 13.9. The van der Waals surface area contributed by atoms with Crippen molar-refractivity contribution in [2.45, 2.75) is 78.1 Å². The van der Waals surface area contributed by atoms with Crippen molar-refractivity contribution in [3.63, 3.8) is 0 Å². The lowest BCUT2D eigenvalue weighted by atomic mass is 10.1. The van der Waals surface area contributed by atoms with E-state index in [1.807, 2.05) is 4.90 Å². The van der Waals surface area contributed by atoms with Crippen LogP contribution in [0, 0.1) is 0 Å². The predicted molar refractivity (Wildman–Crippen MR) is 83.2 cm³/mol. The zero-order valence-electron chi connectivity index (χ0n) is 13.1. The van der Waals surface area contributed by atoms with Crippen LogP contribution in [0.2, 0.25) is 0 Å². The van der Waals surface area contributed by atoms with Gasteiger partial charge in [-0.05, 0) is 25.8 Å². The third kappa shape index (κ3) is 11.0. The molecule has 0 radical (unpaired) electrons. The first-order valence-electron chi connectivity index (χ1n) is 8.24. The van der Waals surface area contributed by atoms with Crippen LogP contribution >= 0.6 is 0 Å². The van der Waals surface area contributed by atoms with Crippen LogP contribution in [0.4, 0.5) is 0 Å². The molecule has 0 aromatic carbocycles. The van der Waals surface area contributed by atoms with Gasteiger partial charge in [0.25, 0.3) is 0 Å². The van der Waals surface area contributed by atoms with Crippen molar-refractivity contribution < 1.29 is 4.79 Å². The van der Waals surface area contributed by atoms with Gasteiger partial charge in [-0.2, -0.15) is 0 Å². The van der Waals surface area contributed by atoms with Gasteiger partial charge in [0.1, 0.15) is 0 Å². The minimum Gasteiger partial charge on any atom is -0.343 e. The summed E-state index contributed by atoms with van der Waals surface area (Å²) < 4.78 is 0. The van der Waals surface area contributed by atoms with Gasteiger partial charge in [0.2, 0.25) is 5.91 Å². The highest BCUT2D eigenvalue weighted by atomic mass is 16.2. The highest BCUT2D eigenvalue weighted by Crippen LogP contribution is 2.08. The first-order valence-corrected chi connectivity index (χ1v) is 8.24. The molecule has 0 aliphatic heterocycles. The molecule has 3 nitrogen and oxygen atoms in total. The average molecular weight is 270 g/mol. The number of rotatable bonds is 13. The molecule has 19 heavy (non-hydrogen) atoms. The van der Waals surface area contributed by atoms with Gasteiger partial charge in [-0.3, -0.25) is 4.79 Å². The first kappa shape index (κ1) is 18.4. The van der Waals surface area contributed by atoms with E-state index in [1.54, 1.807) is 0 Å². The zero-order valence-corrected chi connectivity index (χ0v) is 13.1. The number of carbonyl (C=O) groups is 1. The van der Waals surface area contributed by atoms with Crippen LogP contribution in [0.1, 0.15) is 78.1 Å². The normalized spacial score (nSPS) is 10.7. The van der Waals surface area contributed by atoms with Crippen molar-refractivity contribution in [1.82, 2.24) is 4.90 Å². The minimum atomic E-state index is 0.334. The Hall–Kier alpha value is -0.570. The number of carbonyl (C=O) groups excluding carboxylic acids is 1. The Labute approximate surface area is 119 Å². The maximum absolute atomic E-state index is 12.2. The highest BCUT2D eigenvalue weighted by Gasteiger charge is 2.11. The smallest absolute Gasteiger partial charge is 0.222 e. The molecule has 0 atom stereocenters. The maximum Gasteiger partial charge on any atom is 0.222 e. The Bertz CT molecular complexity index is 207. The quantitative estimate of drug-likeness (QED) is 0.519. The van der Waals surface area contributed by atoms with Crippen LogP contribution in [0.5, 0.6) is 0 Å². The number of hydrogen-bond donors (Lipinski definition) is 1. The first-order chi connectivity index (χ1) is 9.26. The largest absolute Gasteiger partial charge is 0.343 e. The third-order valence-electron chi connectivity index (χ3n) is 3.51. The van der Waals surface area contributed by atoms with E-state index in [4.69, 9.17) is 5.73 Å². The van der Waals surface area contributed by atoms with Crippen molar-refractivity contribution in [1.29, 1.82) is 0 Å². The summed E-state index contributed by atoms with van der Waals surface area (Å²) in [5, 5.41) is 0.